The van der Waals surface area contributed by atoms with Crippen LogP contribution in [0.2, 0.25) is 0 Å². The fourth-order valence-electron chi connectivity index (χ4n) is 2.95. The van der Waals surface area contributed by atoms with Crippen LogP contribution in [0.15, 0.2) is 33.9 Å². The Morgan fingerprint density at radius 1 is 1.28 bits per heavy atom. The monoisotopic (exact) mass is 347 g/mol. The topological polar surface area (TPSA) is 109 Å². The lowest BCUT2D eigenvalue weighted by atomic mass is 10.1. The van der Waals surface area contributed by atoms with E-state index in [0.717, 1.165) is 10.1 Å². The fourth-order valence-corrected chi connectivity index (χ4v) is 2.95. The van der Waals surface area contributed by atoms with E-state index in [4.69, 9.17) is 15.2 Å². The Labute approximate surface area is 144 Å². The Balaban J connectivity index is 1.95. The van der Waals surface area contributed by atoms with Gasteiger partial charge >= 0.3 is 5.69 Å². The molecule has 1 aliphatic heterocycles. The third kappa shape index (κ3) is 3.16. The molecule has 1 aliphatic rings. The minimum atomic E-state index is -1.05. The van der Waals surface area contributed by atoms with Crippen molar-refractivity contribution < 1.29 is 14.6 Å². The van der Waals surface area contributed by atoms with Gasteiger partial charge in [0.15, 0.2) is 6.29 Å². The zero-order valence-electron chi connectivity index (χ0n) is 14.1. The minimum absolute atomic E-state index is 0.212. The average molecular weight is 347 g/mol. The summed E-state index contributed by atoms with van der Waals surface area (Å²) in [4.78, 5) is 25.2. The van der Waals surface area contributed by atoms with Crippen molar-refractivity contribution in [2.24, 2.45) is 12.8 Å². The molecule has 0 aliphatic carbocycles. The van der Waals surface area contributed by atoms with E-state index in [2.05, 4.69) is 0 Å². The smallest absolute Gasteiger partial charge is 0.335 e. The van der Waals surface area contributed by atoms with Gasteiger partial charge in [-0.05, 0) is 24.1 Å². The van der Waals surface area contributed by atoms with Crippen LogP contribution in [0.3, 0.4) is 0 Å². The standard InChI is InChI=1S/C17H21N3O5/c1-19-14-9-25-8-12(14)15(21)20(17(19)23)11-5-3-10(4-6-11)7-13(18)16(22)24-2/h3-6,13,16,22H,7-9,18H2,1-2H3/t13-,16?/m0/s1. The number of hydrogen-bond acceptors (Lipinski definition) is 6. The van der Waals surface area contributed by atoms with Crippen LogP contribution in [-0.2, 0) is 36.2 Å². The Hall–Kier alpha value is -2.26. The van der Waals surface area contributed by atoms with E-state index in [-0.39, 0.29) is 18.8 Å². The van der Waals surface area contributed by atoms with Crippen molar-refractivity contribution in [3.63, 3.8) is 0 Å². The average Bonchev–Trinajstić information content (AvgIpc) is 3.11. The lowest BCUT2D eigenvalue weighted by Crippen LogP contribution is -2.40. The number of rotatable bonds is 5. The van der Waals surface area contributed by atoms with Crippen LogP contribution >= 0.6 is 0 Å². The number of aliphatic hydroxyl groups is 1. The molecular formula is C17H21N3O5. The summed E-state index contributed by atoms with van der Waals surface area (Å²) in [6.45, 7) is 0.486. The van der Waals surface area contributed by atoms with Crippen molar-refractivity contribution in [1.29, 1.82) is 0 Å². The van der Waals surface area contributed by atoms with Crippen LogP contribution in [0.5, 0.6) is 0 Å². The minimum Gasteiger partial charge on any atom is -0.370 e. The maximum absolute atomic E-state index is 12.6. The second kappa shape index (κ2) is 6.93. The number of nitrogens with two attached hydrogens (primary N) is 1. The van der Waals surface area contributed by atoms with Crippen LogP contribution < -0.4 is 17.0 Å². The zero-order chi connectivity index (χ0) is 18.1. The summed E-state index contributed by atoms with van der Waals surface area (Å²) in [7, 11) is 3.01. The van der Waals surface area contributed by atoms with Gasteiger partial charge in [0.25, 0.3) is 5.56 Å². The predicted molar refractivity (Wildman–Crippen MR) is 90.5 cm³/mol. The van der Waals surface area contributed by atoms with Crippen molar-refractivity contribution in [3.05, 3.63) is 61.9 Å². The molecule has 0 saturated heterocycles. The molecule has 8 heteroatoms. The largest absolute Gasteiger partial charge is 0.370 e. The highest BCUT2D eigenvalue weighted by Gasteiger charge is 2.22. The number of methoxy groups -OCH3 is 1. The first kappa shape index (κ1) is 17.6. The first-order chi connectivity index (χ1) is 11.9. The van der Waals surface area contributed by atoms with Crippen LogP contribution in [0.1, 0.15) is 16.8 Å². The Morgan fingerprint density at radius 3 is 2.60 bits per heavy atom. The second-order valence-corrected chi connectivity index (χ2v) is 6.06. The molecule has 0 amide bonds. The maximum Gasteiger partial charge on any atom is 0.335 e. The van der Waals surface area contributed by atoms with E-state index in [1.54, 1.807) is 31.3 Å². The highest BCUT2D eigenvalue weighted by Crippen LogP contribution is 2.15. The molecule has 134 valence electrons. The van der Waals surface area contributed by atoms with Gasteiger partial charge in [-0.15, -0.1) is 0 Å². The summed E-state index contributed by atoms with van der Waals surface area (Å²) in [5, 5.41) is 9.56. The molecule has 0 spiro atoms. The quantitative estimate of drug-likeness (QED) is 0.699. The Bertz CT molecular complexity index is 885. The molecule has 8 nitrogen and oxygen atoms in total. The first-order valence-corrected chi connectivity index (χ1v) is 7.91. The van der Waals surface area contributed by atoms with Gasteiger partial charge in [0, 0.05) is 14.2 Å². The summed E-state index contributed by atoms with van der Waals surface area (Å²) < 4.78 is 12.7. The van der Waals surface area contributed by atoms with Gasteiger partial charge in [-0.3, -0.25) is 9.36 Å². The van der Waals surface area contributed by atoms with Gasteiger partial charge in [0.05, 0.1) is 36.2 Å². The molecule has 0 radical (unpaired) electrons. The van der Waals surface area contributed by atoms with E-state index in [1.165, 1.54) is 11.7 Å². The van der Waals surface area contributed by atoms with Crippen molar-refractivity contribution >= 4 is 0 Å². The van der Waals surface area contributed by atoms with Gasteiger partial charge in [0.1, 0.15) is 0 Å². The number of ether oxygens (including phenoxy) is 2. The van der Waals surface area contributed by atoms with Crippen molar-refractivity contribution in [2.75, 3.05) is 7.11 Å². The van der Waals surface area contributed by atoms with E-state index < -0.39 is 18.0 Å². The molecule has 2 heterocycles. The summed E-state index contributed by atoms with van der Waals surface area (Å²) in [5.74, 6) is 0. The molecule has 2 aromatic rings. The molecule has 1 aromatic heterocycles. The molecule has 25 heavy (non-hydrogen) atoms. The fraction of sp³-hybridized carbons (Fsp3) is 0.412. The Kier molecular flexibility index (Phi) is 4.87. The van der Waals surface area contributed by atoms with Crippen molar-refractivity contribution in [3.8, 4) is 5.69 Å². The highest BCUT2D eigenvalue weighted by atomic mass is 16.6. The first-order valence-electron chi connectivity index (χ1n) is 7.91. The summed E-state index contributed by atoms with van der Waals surface area (Å²) in [6.07, 6.45) is -0.647. The molecular weight excluding hydrogens is 326 g/mol. The summed E-state index contributed by atoms with van der Waals surface area (Å²) in [5.41, 5.74) is 7.56. The predicted octanol–water partition coefficient (Wildman–Crippen LogP) is -0.599. The third-order valence-corrected chi connectivity index (χ3v) is 4.45. The molecule has 0 saturated carbocycles. The lowest BCUT2D eigenvalue weighted by molar-refractivity contribution is -0.0890. The number of aromatic nitrogens is 2. The van der Waals surface area contributed by atoms with Crippen LogP contribution in [0.25, 0.3) is 5.69 Å². The summed E-state index contributed by atoms with van der Waals surface area (Å²) >= 11 is 0. The summed E-state index contributed by atoms with van der Waals surface area (Å²) in [6, 6.07) is 6.35. The number of nitrogens with zero attached hydrogens (tertiary/aromatic N) is 2. The van der Waals surface area contributed by atoms with Crippen molar-refractivity contribution in [2.45, 2.75) is 32.0 Å². The lowest BCUT2D eigenvalue weighted by Gasteiger charge is -2.17. The molecule has 3 N–H and O–H groups in total. The number of hydrogen-bond donors (Lipinski definition) is 2. The van der Waals surface area contributed by atoms with E-state index in [0.29, 0.717) is 23.4 Å². The van der Waals surface area contributed by atoms with Gasteiger partial charge in [-0.1, -0.05) is 12.1 Å². The Morgan fingerprint density at radius 2 is 1.96 bits per heavy atom. The van der Waals surface area contributed by atoms with Gasteiger partial charge in [0.2, 0.25) is 0 Å². The van der Waals surface area contributed by atoms with E-state index in [1.807, 2.05) is 0 Å². The molecule has 0 bridgehead atoms. The molecule has 2 atom stereocenters. The third-order valence-electron chi connectivity index (χ3n) is 4.45. The molecule has 1 aromatic carbocycles. The SMILES string of the molecule is COC(O)[C@@H](N)Cc1ccc(-n2c(=O)c3c(n(C)c2=O)COC3)cc1. The molecule has 3 rings (SSSR count). The van der Waals surface area contributed by atoms with Gasteiger partial charge < -0.3 is 20.3 Å². The number of aliphatic hydroxyl groups excluding tert-OH is 1. The highest BCUT2D eigenvalue weighted by molar-refractivity contribution is 5.36. The van der Waals surface area contributed by atoms with Crippen LogP contribution in [0.4, 0.5) is 0 Å². The van der Waals surface area contributed by atoms with E-state index >= 15 is 0 Å². The molecule has 1 unspecified atom stereocenters. The number of fused-ring (bicyclic) bond motifs is 1. The van der Waals surface area contributed by atoms with Crippen LogP contribution in [0, 0.1) is 0 Å². The second-order valence-electron chi connectivity index (χ2n) is 6.06. The van der Waals surface area contributed by atoms with Crippen molar-refractivity contribution in [1.82, 2.24) is 9.13 Å². The normalized spacial score (nSPS) is 15.8. The van der Waals surface area contributed by atoms with Gasteiger partial charge in [-0.2, -0.15) is 0 Å². The van der Waals surface area contributed by atoms with Gasteiger partial charge in [-0.25, -0.2) is 9.36 Å². The number of benzene rings is 1. The zero-order valence-corrected chi connectivity index (χ0v) is 14.1. The molecule has 0 fully saturated rings. The van der Waals surface area contributed by atoms with Crippen LogP contribution in [-0.4, -0.2) is 33.7 Å². The maximum atomic E-state index is 12.6. The van der Waals surface area contributed by atoms with E-state index in [9.17, 15) is 14.7 Å².